The van der Waals surface area contributed by atoms with Crippen molar-refractivity contribution in [2.45, 2.75) is 82.3 Å². The van der Waals surface area contributed by atoms with Crippen LogP contribution in [-0.2, 0) is 15.1 Å². The second-order valence-electron chi connectivity index (χ2n) is 14.0. The Hall–Kier alpha value is -2.31. The fourth-order valence-corrected chi connectivity index (χ4v) is 8.32. The predicted molar refractivity (Wildman–Crippen MR) is 178 cm³/mol. The minimum absolute atomic E-state index is 0. The number of hydrogen-bond acceptors (Lipinski definition) is 7. The van der Waals surface area contributed by atoms with Gasteiger partial charge in [-0.25, -0.2) is 0 Å². The van der Waals surface area contributed by atoms with Gasteiger partial charge in [0.2, 0.25) is 5.56 Å². The molecule has 4 fully saturated rings. The van der Waals surface area contributed by atoms with Crippen molar-refractivity contribution in [1.82, 2.24) is 10.3 Å². The third-order valence-corrected chi connectivity index (χ3v) is 11.1. The van der Waals surface area contributed by atoms with Crippen LogP contribution < -0.4 is 27.9 Å². The summed E-state index contributed by atoms with van der Waals surface area (Å²) in [5.74, 6) is 0.770. The van der Waals surface area contributed by atoms with Gasteiger partial charge in [-0.1, -0.05) is 62.6 Å². The second kappa shape index (κ2) is 15.9. The third kappa shape index (κ3) is 8.12. The van der Waals surface area contributed by atoms with E-state index in [1.54, 1.807) is 12.1 Å². The Kier molecular flexibility index (Phi) is 12.2. The molecule has 3 aliphatic heterocycles. The van der Waals surface area contributed by atoms with Crippen molar-refractivity contribution in [3.63, 3.8) is 0 Å². The molecule has 47 heavy (non-hydrogen) atoms. The Balaban J connectivity index is 0.00000433. The van der Waals surface area contributed by atoms with Crippen molar-refractivity contribution in [1.29, 1.82) is 0 Å². The van der Waals surface area contributed by atoms with E-state index in [4.69, 9.17) is 9.47 Å². The Morgan fingerprint density at radius 2 is 1.79 bits per heavy atom. The molecule has 7 rings (SSSR count). The fourth-order valence-electron chi connectivity index (χ4n) is 8.32. The molecule has 258 valence electrons. The number of aromatic amines is 1. The van der Waals surface area contributed by atoms with E-state index < -0.39 is 11.7 Å². The average Bonchev–Trinajstić information content (AvgIpc) is 3.63. The van der Waals surface area contributed by atoms with Crippen LogP contribution in [0.4, 0.5) is 0 Å². The van der Waals surface area contributed by atoms with Crippen LogP contribution in [0.25, 0.3) is 10.9 Å². The quantitative estimate of drug-likeness (QED) is 0.120. The highest BCUT2D eigenvalue weighted by Crippen LogP contribution is 2.42. The highest BCUT2D eigenvalue weighted by molar-refractivity contribution is 5.87. The molecule has 0 amide bonds. The molecule has 4 atom stereocenters. The summed E-state index contributed by atoms with van der Waals surface area (Å²) in [7, 11) is 0. The Morgan fingerprint density at radius 3 is 2.51 bits per heavy atom. The highest BCUT2D eigenvalue weighted by atomic mass is 79.9. The minimum atomic E-state index is -0.939. The summed E-state index contributed by atoms with van der Waals surface area (Å²) in [5.41, 5.74) is 0.706. The predicted octanol–water partition coefficient (Wildman–Crippen LogP) is 1.71. The van der Waals surface area contributed by atoms with Gasteiger partial charge in [-0.15, -0.1) is 0 Å². The first-order chi connectivity index (χ1) is 22.3. The number of pyridine rings is 1. The number of piperidine rings is 3. The normalized spacial score (nSPS) is 25.3. The smallest absolute Gasteiger partial charge is 0.248 e. The van der Waals surface area contributed by atoms with Crippen LogP contribution in [-0.4, -0.2) is 83.1 Å². The molecule has 0 spiro atoms. The lowest BCUT2D eigenvalue weighted by atomic mass is 9.80. The monoisotopic (exact) mass is 713 g/mol. The first-order valence-corrected chi connectivity index (χ1v) is 17.4. The zero-order chi connectivity index (χ0) is 32.1. The lowest BCUT2D eigenvalue weighted by Crippen LogP contribution is -3.00. The summed E-state index contributed by atoms with van der Waals surface area (Å²) in [5, 5.41) is 37.3. The molecule has 10 heteroatoms. The van der Waals surface area contributed by atoms with Gasteiger partial charge in [-0.3, -0.25) is 10.1 Å². The van der Waals surface area contributed by atoms with Gasteiger partial charge in [-0.2, -0.15) is 0 Å². The molecule has 2 aromatic carbocycles. The van der Waals surface area contributed by atoms with Crippen LogP contribution in [0, 0.1) is 11.8 Å². The van der Waals surface area contributed by atoms with Crippen molar-refractivity contribution < 1.29 is 46.3 Å². The lowest BCUT2D eigenvalue weighted by Gasteiger charge is -2.53. The summed E-state index contributed by atoms with van der Waals surface area (Å²) in [6, 6.07) is 16.4. The van der Waals surface area contributed by atoms with E-state index in [9.17, 15) is 20.1 Å². The van der Waals surface area contributed by atoms with Crippen LogP contribution in [0.3, 0.4) is 0 Å². The van der Waals surface area contributed by atoms with Crippen LogP contribution in [0.5, 0.6) is 5.75 Å². The molecule has 1 unspecified atom stereocenters. The van der Waals surface area contributed by atoms with Crippen molar-refractivity contribution >= 4 is 10.9 Å². The third-order valence-electron chi connectivity index (χ3n) is 11.1. The summed E-state index contributed by atoms with van der Waals surface area (Å²) in [6.45, 7) is 7.54. The zero-order valence-electron chi connectivity index (χ0n) is 27.6. The maximum absolute atomic E-state index is 12.0. The topological polar surface area (TPSA) is 124 Å². The molecule has 3 aromatic rings. The number of benzene rings is 2. The van der Waals surface area contributed by atoms with Gasteiger partial charge in [0.05, 0.1) is 37.9 Å². The van der Waals surface area contributed by atoms with E-state index in [1.165, 1.54) is 25.0 Å². The Morgan fingerprint density at radius 1 is 1.04 bits per heavy atom. The molecule has 4 heterocycles. The van der Waals surface area contributed by atoms with Gasteiger partial charge in [-0.05, 0) is 48.4 Å². The van der Waals surface area contributed by atoms with Gasteiger partial charge in [0.15, 0.2) is 0 Å². The number of aromatic nitrogens is 1. The molecule has 3 saturated heterocycles. The standard InChI is InChI=1S/C37H51N3O6.BrH/c1-2-8-35(38-23-32(42)29-13-15-31(41)36-30(29)14-16-34(43)39-36)45-22-21-40-19-17-26(18-20-40)33(24-40)46-25-37(44,28-11-6-7-12-28)27-9-4-3-5-10-27;/h3-5,9-10,13-16,26,28,32-33,35,38,42,44H,2,6-8,11-12,17-25H2,1H3,(H-,39,41,43);1H/t26?,32-,33-,35?,37+,40?;/m0./s1. The van der Waals surface area contributed by atoms with Crippen LogP contribution in [0.1, 0.15) is 75.5 Å². The molecule has 4 aliphatic rings. The largest absolute Gasteiger partial charge is 1.00 e. The number of fused-ring (bicyclic) bond motifs is 4. The molecule has 1 aliphatic carbocycles. The van der Waals surface area contributed by atoms with Gasteiger partial charge in [0, 0.05) is 36.8 Å². The maximum atomic E-state index is 12.0. The van der Waals surface area contributed by atoms with Crippen molar-refractivity contribution in [3.05, 3.63) is 76.1 Å². The molecule has 9 nitrogen and oxygen atoms in total. The van der Waals surface area contributed by atoms with E-state index in [1.807, 2.05) is 18.2 Å². The number of aliphatic hydroxyl groups excluding tert-OH is 1. The molecular formula is C37H52BrN3O6. The number of nitrogens with one attached hydrogen (secondary N) is 2. The summed E-state index contributed by atoms with van der Waals surface area (Å²) in [6.07, 6.45) is 7.63. The fraction of sp³-hybridized carbons (Fsp3) is 0.595. The number of aromatic hydroxyl groups is 1. The molecule has 1 saturated carbocycles. The number of quaternary nitrogens is 1. The number of aliphatic hydroxyl groups is 2. The van der Waals surface area contributed by atoms with Crippen molar-refractivity contribution in [2.75, 3.05) is 45.9 Å². The van der Waals surface area contributed by atoms with E-state index in [-0.39, 0.29) is 53.1 Å². The van der Waals surface area contributed by atoms with Crippen LogP contribution >= 0.6 is 0 Å². The lowest BCUT2D eigenvalue weighted by molar-refractivity contribution is -0.946. The van der Waals surface area contributed by atoms with Gasteiger partial charge >= 0.3 is 0 Å². The van der Waals surface area contributed by atoms with Crippen LogP contribution in [0.15, 0.2) is 59.4 Å². The Labute approximate surface area is 288 Å². The number of H-pyrrole nitrogens is 1. The minimum Gasteiger partial charge on any atom is -1.00 e. The number of nitrogens with zero attached hydrogens (tertiary/aromatic N) is 1. The van der Waals surface area contributed by atoms with E-state index in [2.05, 4.69) is 29.4 Å². The zero-order valence-corrected chi connectivity index (χ0v) is 29.2. The summed E-state index contributed by atoms with van der Waals surface area (Å²) < 4.78 is 14.1. The van der Waals surface area contributed by atoms with Gasteiger partial charge in [0.25, 0.3) is 0 Å². The number of ether oxygens (including phenoxy) is 2. The maximum Gasteiger partial charge on any atom is 0.248 e. The van der Waals surface area contributed by atoms with E-state index >= 15 is 0 Å². The number of halogens is 1. The van der Waals surface area contributed by atoms with E-state index in [0.29, 0.717) is 35.6 Å². The number of phenols is 1. The molecule has 2 bridgehead atoms. The molecule has 0 radical (unpaired) electrons. The summed E-state index contributed by atoms with van der Waals surface area (Å²) >= 11 is 0. The first kappa shape index (κ1) is 36.0. The van der Waals surface area contributed by atoms with Crippen molar-refractivity contribution in [2.24, 2.45) is 11.8 Å². The van der Waals surface area contributed by atoms with Crippen LogP contribution in [0.2, 0.25) is 0 Å². The second-order valence-corrected chi connectivity index (χ2v) is 14.0. The van der Waals surface area contributed by atoms with Gasteiger partial charge in [0.1, 0.15) is 36.8 Å². The number of phenolic OH excluding ortho intramolecular Hbond substituents is 1. The van der Waals surface area contributed by atoms with Gasteiger partial charge < -0.3 is 51.2 Å². The average molecular weight is 715 g/mol. The van der Waals surface area contributed by atoms with Crippen molar-refractivity contribution in [3.8, 4) is 5.75 Å². The SMILES string of the molecule is CCCC(NC[C@H](O)c1ccc(O)c2[nH]c(=O)ccc12)OCC[N+]12CCC(CC1)[C@@H](OC[C@@](O)(c1ccccc1)C1CCCC1)C2.[Br-]. The molecular weight excluding hydrogens is 662 g/mol. The summed E-state index contributed by atoms with van der Waals surface area (Å²) in [4.78, 5) is 14.4. The Bertz CT molecular complexity index is 1490. The first-order valence-electron chi connectivity index (χ1n) is 17.4. The molecule has 5 N–H and O–H groups in total. The van der Waals surface area contributed by atoms with E-state index in [0.717, 1.165) is 74.8 Å². The molecule has 1 aromatic heterocycles. The number of hydrogen-bond donors (Lipinski definition) is 5. The highest BCUT2D eigenvalue weighted by Gasteiger charge is 2.48. The number of rotatable bonds is 15.